The van der Waals surface area contributed by atoms with Crippen LogP contribution in [0.2, 0.25) is 0 Å². The first kappa shape index (κ1) is 18.6. The van der Waals surface area contributed by atoms with Crippen LogP contribution in [0.5, 0.6) is 5.75 Å². The maximum atomic E-state index is 12.0. The van der Waals surface area contributed by atoms with E-state index in [1.165, 1.54) is 0 Å². The largest absolute Gasteiger partial charge is 0.497 e. The molecule has 2 aromatic carbocycles. The van der Waals surface area contributed by atoms with Gasteiger partial charge in [0, 0.05) is 23.1 Å². The van der Waals surface area contributed by atoms with Crippen molar-refractivity contribution in [1.82, 2.24) is 15.1 Å². The summed E-state index contributed by atoms with van der Waals surface area (Å²) in [5.74, 6) is 1.07. The molecule has 2 aromatic heterocycles. The molecule has 146 valence electrons. The quantitative estimate of drug-likeness (QED) is 0.442. The Morgan fingerprint density at radius 2 is 1.83 bits per heavy atom. The lowest BCUT2D eigenvalue weighted by atomic mass is 10.1. The third kappa shape index (κ3) is 4.57. The van der Waals surface area contributed by atoms with E-state index in [-0.39, 0.29) is 24.9 Å². The zero-order valence-corrected chi connectivity index (χ0v) is 15.9. The van der Waals surface area contributed by atoms with E-state index in [0.717, 1.165) is 27.9 Å². The number of ether oxygens (including phenoxy) is 2. The molecule has 0 bridgehead atoms. The summed E-state index contributed by atoms with van der Waals surface area (Å²) in [5.41, 5.74) is 2.55. The van der Waals surface area contributed by atoms with E-state index in [1.807, 2.05) is 60.7 Å². The van der Waals surface area contributed by atoms with Crippen LogP contribution in [-0.4, -0.2) is 28.2 Å². The highest BCUT2D eigenvalue weighted by molar-refractivity contribution is 5.78. The van der Waals surface area contributed by atoms with Gasteiger partial charge in [0.1, 0.15) is 5.75 Å². The van der Waals surface area contributed by atoms with Gasteiger partial charge in [-0.15, -0.1) is 0 Å². The van der Waals surface area contributed by atoms with Gasteiger partial charge in [-0.05, 0) is 36.4 Å². The van der Waals surface area contributed by atoms with Gasteiger partial charge in [-0.25, -0.2) is 0 Å². The summed E-state index contributed by atoms with van der Waals surface area (Å²) in [4.78, 5) is 20.9. The van der Waals surface area contributed by atoms with Gasteiger partial charge in [0.25, 0.3) is 5.89 Å². The molecule has 0 saturated heterocycles. The number of carbonyl (C=O) groups is 1. The number of nitrogens with zero attached hydrogens (tertiary/aromatic N) is 3. The van der Waals surface area contributed by atoms with Crippen molar-refractivity contribution in [1.29, 1.82) is 0 Å². The minimum atomic E-state index is -0.343. The molecular formula is C22H19N3O4. The van der Waals surface area contributed by atoms with Gasteiger partial charge < -0.3 is 14.0 Å². The first-order valence-electron chi connectivity index (χ1n) is 9.18. The highest BCUT2D eigenvalue weighted by Gasteiger charge is 2.12. The Morgan fingerprint density at radius 1 is 1.00 bits per heavy atom. The Labute approximate surface area is 167 Å². The second-order valence-corrected chi connectivity index (χ2v) is 6.40. The second-order valence-electron chi connectivity index (χ2n) is 6.40. The molecule has 7 nitrogen and oxygen atoms in total. The molecule has 0 unspecified atom stereocenters. The average Bonchev–Trinajstić information content (AvgIpc) is 3.25. The SMILES string of the molecule is COc1ccc(-c2noc(COC(=O)CCc3ccc4ccccc4n3)n2)cc1. The predicted octanol–water partition coefficient (Wildman–Crippen LogP) is 3.97. The van der Waals surface area contributed by atoms with Crippen LogP contribution in [0, 0.1) is 0 Å². The smallest absolute Gasteiger partial charge is 0.306 e. The molecule has 7 heteroatoms. The third-order valence-electron chi connectivity index (χ3n) is 4.41. The second kappa shape index (κ2) is 8.52. The number of esters is 1. The van der Waals surface area contributed by atoms with E-state index < -0.39 is 0 Å². The Balaban J connectivity index is 1.29. The molecular weight excluding hydrogens is 370 g/mol. The molecule has 2 heterocycles. The van der Waals surface area contributed by atoms with Crippen molar-refractivity contribution in [3.05, 3.63) is 72.2 Å². The van der Waals surface area contributed by atoms with Crippen molar-refractivity contribution in [3.8, 4) is 17.1 Å². The van der Waals surface area contributed by atoms with E-state index in [0.29, 0.717) is 12.2 Å². The van der Waals surface area contributed by atoms with Crippen LogP contribution in [0.4, 0.5) is 0 Å². The lowest BCUT2D eigenvalue weighted by molar-refractivity contribution is -0.145. The molecule has 29 heavy (non-hydrogen) atoms. The fourth-order valence-electron chi connectivity index (χ4n) is 2.86. The van der Waals surface area contributed by atoms with Crippen molar-refractivity contribution < 1.29 is 18.8 Å². The zero-order chi connectivity index (χ0) is 20.1. The number of aryl methyl sites for hydroxylation is 1. The normalized spacial score (nSPS) is 10.8. The first-order valence-corrected chi connectivity index (χ1v) is 9.18. The molecule has 0 aliphatic rings. The maximum Gasteiger partial charge on any atom is 0.306 e. The summed E-state index contributed by atoms with van der Waals surface area (Å²) in [6.45, 7) is -0.0624. The number of hydrogen-bond donors (Lipinski definition) is 0. The molecule has 0 aliphatic carbocycles. The number of hydrogen-bond acceptors (Lipinski definition) is 7. The van der Waals surface area contributed by atoms with Crippen LogP contribution in [0.15, 0.2) is 65.2 Å². The average molecular weight is 389 g/mol. The van der Waals surface area contributed by atoms with E-state index in [9.17, 15) is 4.79 Å². The zero-order valence-electron chi connectivity index (χ0n) is 15.9. The van der Waals surface area contributed by atoms with Crippen LogP contribution in [0.1, 0.15) is 18.0 Å². The van der Waals surface area contributed by atoms with Gasteiger partial charge in [0.05, 0.1) is 19.0 Å². The monoisotopic (exact) mass is 389 g/mol. The molecule has 0 saturated carbocycles. The number of fused-ring (bicyclic) bond motifs is 1. The summed E-state index contributed by atoms with van der Waals surface area (Å²) >= 11 is 0. The van der Waals surface area contributed by atoms with Crippen molar-refractivity contribution in [3.63, 3.8) is 0 Å². The molecule has 0 aliphatic heterocycles. The number of methoxy groups -OCH3 is 1. The van der Waals surface area contributed by atoms with Crippen molar-refractivity contribution in [2.24, 2.45) is 0 Å². The highest BCUT2D eigenvalue weighted by Crippen LogP contribution is 2.20. The Bertz CT molecular complexity index is 1120. The Kier molecular flexibility index (Phi) is 5.47. The van der Waals surface area contributed by atoms with Gasteiger partial charge in [0.2, 0.25) is 5.82 Å². The number of rotatable bonds is 7. The number of carbonyl (C=O) groups excluding carboxylic acids is 1. The molecule has 0 atom stereocenters. The summed E-state index contributed by atoms with van der Waals surface area (Å²) in [7, 11) is 1.60. The van der Waals surface area contributed by atoms with Gasteiger partial charge in [0.15, 0.2) is 6.61 Å². The van der Waals surface area contributed by atoms with E-state index in [2.05, 4.69) is 15.1 Å². The number of benzene rings is 2. The van der Waals surface area contributed by atoms with Crippen LogP contribution in [0.25, 0.3) is 22.3 Å². The van der Waals surface area contributed by atoms with Crippen LogP contribution < -0.4 is 4.74 Å². The standard InChI is InChI=1S/C22H19N3O4/c1-27-18-11-7-16(8-12-18)22-24-20(29-25-22)14-28-21(26)13-10-17-9-6-15-4-2-3-5-19(15)23-17/h2-9,11-12H,10,13-14H2,1H3. The lowest BCUT2D eigenvalue weighted by Gasteiger charge is -2.03. The first-order chi connectivity index (χ1) is 14.2. The summed E-state index contributed by atoms with van der Waals surface area (Å²) in [6.07, 6.45) is 0.732. The fraction of sp³-hybridized carbons (Fsp3) is 0.182. The van der Waals surface area contributed by atoms with E-state index in [1.54, 1.807) is 7.11 Å². The number of aromatic nitrogens is 3. The Morgan fingerprint density at radius 3 is 2.66 bits per heavy atom. The third-order valence-corrected chi connectivity index (χ3v) is 4.41. The van der Waals surface area contributed by atoms with Crippen molar-refractivity contribution in [2.45, 2.75) is 19.4 Å². The van der Waals surface area contributed by atoms with Crippen molar-refractivity contribution in [2.75, 3.05) is 7.11 Å². The Hall–Kier alpha value is -3.74. The number of pyridine rings is 1. The van der Waals surface area contributed by atoms with Crippen LogP contribution in [-0.2, 0) is 22.6 Å². The summed E-state index contributed by atoms with van der Waals surface area (Å²) < 4.78 is 15.5. The van der Waals surface area contributed by atoms with Crippen LogP contribution >= 0.6 is 0 Å². The van der Waals surface area contributed by atoms with Crippen LogP contribution in [0.3, 0.4) is 0 Å². The fourth-order valence-corrected chi connectivity index (χ4v) is 2.86. The summed E-state index contributed by atoms with van der Waals surface area (Å²) in [5, 5.41) is 4.99. The van der Waals surface area contributed by atoms with Gasteiger partial charge in [-0.3, -0.25) is 9.78 Å². The molecule has 0 N–H and O–H groups in total. The molecule has 0 radical (unpaired) electrons. The minimum absolute atomic E-state index is 0.0624. The molecule has 0 fully saturated rings. The molecule has 0 amide bonds. The highest BCUT2D eigenvalue weighted by atomic mass is 16.6. The summed E-state index contributed by atoms with van der Waals surface area (Å²) in [6, 6.07) is 19.1. The molecule has 0 spiro atoms. The van der Waals surface area contributed by atoms with E-state index in [4.69, 9.17) is 14.0 Å². The predicted molar refractivity (Wildman–Crippen MR) is 106 cm³/mol. The number of para-hydroxylation sites is 1. The van der Waals surface area contributed by atoms with Gasteiger partial charge in [-0.2, -0.15) is 4.98 Å². The molecule has 4 aromatic rings. The minimum Gasteiger partial charge on any atom is -0.497 e. The van der Waals surface area contributed by atoms with Gasteiger partial charge in [-0.1, -0.05) is 29.4 Å². The topological polar surface area (TPSA) is 87.3 Å². The van der Waals surface area contributed by atoms with E-state index >= 15 is 0 Å². The van der Waals surface area contributed by atoms with Gasteiger partial charge >= 0.3 is 5.97 Å². The molecule has 4 rings (SSSR count). The maximum absolute atomic E-state index is 12.0. The lowest BCUT2D eigenvalue weighted by Crippen LogP contribution is -2.06. The van der Waals surface area contributed by atoms with Crippen molar-refractivity contribution >= 4 is 16.9 Å².